The number of halogens is 1. The van der Waals surface area contributed by atoms with Crippen LogP contribution in [0.15, 0.2) is 47.4 Å². The molecular weight excluding hydrogens is 270 g/mol. The number of benzene rings is 1. The number of carboxylic acid groups (broad SMARTS) is 1. The lowest BCUT2D eigenvalue weighted by Crippen LogP contribution is -2.30. The third kappa shape index (κ3) is 2.95. The Bertz CT molecular complexity index is 666. The van der Waals surface area contributed by atoms with Gasteiger partial charge in [0, 0.05) is 16.8 Å². The molecular formula is C13H10ClNO4. The van der Waals surface area contributed by atoms with Gasteiger partial charge in [-0.05, 0) is 18.2 Å². The van der Waals surface area contributed by atoms with E-state index in [1.54, 1.807) is 24.3 Å². The predicted molar refractivity (Wildman–Crippen MR) is 69.4 cm³/mol. The predicted octanol–water partition coefficient (Wildman–Crippen LogP) is 1.83. The highest BCUT2D eigenvalue weighted by Gasteiger charge is 2.11. The van der Waals surface area contributed by atoms with E-state index in [4.69, 9.17) is 21.5 Å². The van der Waals surface area contributed by atoms with Gasteiger partial charge in [-0.25, -0.2) is 4.79 Å². The second kappa shape index (κ2) is 5.58. The summed E-state index contributed by atoms with van der Waals surface area (Å²) in [5.41, 5.74) is -0.361. The minimum absolute atomic E-state index is 0.0721. The summed E-state index contributed by atoms with van der Waals surface area (Å²) in [6, 6.07) is 9.69. The largest absolute Gasteiger partial charge is 0.477 e. The van der Waals surface area contributed by atoms with Crippen LogP contribution in [0.1, 0.15) is 15.9 Å². The van der Waals surface area contributed by atoms with Crippen LogP contribution >= 0.6 is 11.6 Å². The summed E-state index contributed by atoms with van der Waals surface area (Å²) < 4.78 is 0.882. The SMILES string of the molecule is O=C(O)c1cccn(OCc2ccccc2Cl)c1=O. The van der Waals surface area contributed by atoms with Crippen LogP contribution in [-0.4, -0.2) is 15.8 Å². The Morgan fingerprint density at radius 1 is 1.26 bits per heavy atom. The van der Waals surface area contributed by atoms with Crippen molar-refractivity contribution in [2.75, 3.05) is 0 Å². The molecule has 98 valence electrons. The van der Waals surface area contributed by atoms with Crippen molar-refractivity contribution in [1.82, 2.24) is 4.73 Å². The van der Waals surface area contributed by atoms with Gasteiger partial charge in [0.2, 0.25) is 0 Å². The molecule has 0 fully saturated rings. The average molecular weight is 280 g/mol. The van der Waals surface area contributed by atoms with Gasteiger partial charge in [0.05, 0.1) is 0 Å². The zero-order chi connectivity index (χ0) is 13.8. The van der Waals surface area contributed by atoms with Crippen LogP contribution < -0.4 is 10.4 Å². The smallest absolute Gasteiger partial charge is 0.341 e. The van der Waals surface area contributed by atoms with Gasteiger partial charge in [-0.2, -0.15) is 4.73 Å². The van der Waals surface area contributed by atoms with E-state index in [-0.39, 0.29) is 12.2 Å². The van der Waals surface area contributed by atoms with Crippen molar-refractivity contribution in [2.45, 2.75) is 6.61 Å². The summed E-state index contributed by atoms with van der Waals surface area (Å²) in [5.74, 6) is -1.29. The summed E-state index contributed by atoms with van der Waals surface area (Å²) in [5, 5.41) is 9.35. The first-order valence-electron chi connectivity index (χ1n) is 5.41. The Hall–Kier alpha value is -2.27. The molecule has 0 unspecified atom stereocenters. The minimum Gasteiger partial charge on any atom is -0.477 e. The minimum atomic E-state index is -1.29. The molecule has 6 heteroatoms. The van der Waals surface area contributed by atoms with E-state index in [9.17, 15) is 9.59 Å². The fourth-order valence-electron chi connectivity index (χ4n) is 1.49. The van der Waals surface area contributed by atoms with Gasteiger partial charge in [-0.3, -0.25) is 4.79 Å². The topological polar surface area (TPSA) is 68.5 Å². The van der Waals surface area contributed by atoms with Crippen molar-refractivity contribution < 1.29 is 14.7 Å². The Balaban J connectivity index is 2.21. The Morgan fingerprint density at radius 3 is 2.68 bits per heavy atom. The van der Waals surface area contributed by atoms with Gasteiger partial charge >= 0.3 is 5.97 Å². The standard InChI is InChI=1S/C13H10ClNO4/c14-11-6-2-1-4-9(11)8-19-15-7-3-5-10(12(15)16)13(17)18/h1-7H,8H2,(H,17,18). The third-order valence-corrected chi connectivity index (χ3v) is 2.83. The van der Waals surface area contributed by atoms with Crippen molar-refractivity contribution in [2.24, 2.45) is 0 Å². The number of aromatic carboxylic acids is 1. The Labute approximate surface area is 113 Å². The summed E-state index contributed by atoms with van der Waals surface area (Å²) in [6.07, 6.45) is 1.35. The zero-order valence-corrected chi connectivity index (χ0v) is 10.5. The molecule has 0 saturated carbocycles. The molecule has 0 atom stereocenters. The number of pyridine rings is 1. The van der Waals surface area contributed by atoms with Crippen LogP contribution in [-0.2, 0) is 6.61 Å². The fraction of sp³-hybridized carbons (Fsp3) is 0.0769. The average Bonchev–Trinajstić information content (AvgIpc) is 2.39. The first-order valence-corrected chi connectivity index (χ1v) is 5.79. The van der Waals surface area contributed by atoms with Gasteiger partial charge in [-0.1, -0.05) is 29.8 Å². The number of aromatic nitrogens is 1. The molecule has 5 nitrogen and oxygen atoms in total. The van der Waals surface area contributed by atoms with Gasteiger partial charge in [0.1, 0.15) is 12.2 Å². The lowest BCUT2D eigenvalue weighted by atomic mass is 10.2. The van der Waals surface area contributed by atoms with Crippen molar-refractivity contribution in [3.05, 3.63) is 69.1 Å². The van der Waals surface area contributed by atoms with Gasteiger partial charge < -0.3 is 9.94 Å². The second-order valence-electron chi connectivity index (χ2n) is 3.72. The monoisotopic (exact) mass is 279 g/mol. The summed E-state index contributed by atoms with van der Waals surface area (Å²) in [7, 11) is 0. The molecule has 0 radical (unpaired) electrons. The van der Waals surface area contributed by atoms with Crippen molar-refractivity contribution >= 4 is 17.6 Å². The van der Waals surface area contributed by atoms with Crippen molar-refractivity contribution in [3.8, 4) is 0 Å². The van der Waals surface area contributed by atoms with Gasteiger partial charge in [-0.15, -0.1) is 0 Å². The van der Waals surface area contributed by atoms with E-state index in [1.165, 1.54) is 18.3 Å². The van der Waals surface area contributed by atoms with Crippen molar-refractivity contribution in [3.63, 3.8) is 0 Å². The first kappa shape index (κ1) is 13.2. The number of nitrogens with zero attached hydrogens (tertiary/aromatic N) is 1. The molecule has 0 bridgehead atoms. The number of hydrogen-bond donors (Lipinski definition) is 1. The fourth-order valence-corrected chi connectivity index (χ4v) is 1.68. The van der Waals surface area contributed by atoms with Gasteiger partial charge in [0.25, 0.3) is 5.56 Å². The number of carbonyl (C=O) groups is 1. The Morgan fingerprint density at radius 2 is 2.00 bits per heavy atom. The zero-order valence-electron chi connectivity index (χ0n) is 9.75. The molecule has 0 aliphatic heterocycles. The quantitative estimate of drug-likeness (QED) is 0.927. The number of hydrogen-bond acceptors (Lipinski definition) is 3. The molecule has 0 amide bonds. The number of carboxylic acids is 1. The molecule has 1 heterocycles. The van der Waals surface area contributed by atoms with E-state index in [1.807, 2.05) is 0 Å². The molecule has 2 aromatic rings. The molecule has 0 aliphatic carbocycles. The molecule has 0 spiro atoms. The van der Waals surface area contributed by atoms with Crippen molar-refractivity contribution in [1.29, 1.82) is 0 Å². The summed E-state index contributed by atoms with van der Waals surface area (Å²) >= 11 is 5.95. The highest BCUT2D eigenvalue weighted by atomic mass is 35.5. The number of rotatable bonds is 4. The molecule has 2 rings (SSSR count). The van der Waals surface area contributed by atoms with Gasteiger partial charge in [0.15, 0.2) is 0 Å². The first-order chi connectivity index (χ1) is 9.09. The van der Waals surface area contributed by atoms with E-state index >= 15 is 0 Å². The normalized spacial score (nSPS) is 10.2. The summed E-state index contributed by atoms with van der Waals surface area (Å²) in [6.45, 7) is 0.0721. The second-order valence-corrected chi connectivity index (χ2v) is 4.13. The molecule has 1 aromatic carbocycles. The lowest BCUT2D eigenvalue weighted by Gasteiger charge is -2.09. The third-order valence-electron chi connectivity index (χ3n) is 2.46. The maximum absolute atomic E-state index is 11.7. The molecule has 1 aromatic heterocycles. The highest BCUT2D eigenvalue weighted by molar-refractivity contribution is 6.31. The molecule has 19 heavy (non-hydrogen) atoms. The van der Waals surface area contributed by atoms with Crippen LogP contribution in [0.2, 0.25) is 5.02 Å². The van der Waals surface area contributed by atoms with Crippen LogP contribution in [0.4, 0.5) is 0 Å². The van der Waals surface area contributed by atoms with E-state index < -0.39 is 11.5 Å². The molecule has 0 saturated heterocycles. The van der Waals surface area contributed by atoms with Crippen LogP contribution in [0.5, 0.6) is 0 Å². The molecule has 1 N–H and O–H groups in total. The van der Waals surface area contributed by atoms with Crippen LogP contribution in [0.3, 0.4) is 0 Å². The lowest BCUT2D eigenvalue weighted by molar-refractivity contribution is 0.0668. The summed E-state index contributed by atoms with van der Waals surface area (Å²) in [4.78, 5) is 27.8. The Kier molecular flexibility index (Phi) is 3.87. The van der Waals surface area contributed by atoms with E-state index in [0.29, 0.717) is 10.6 Å². The maximum Gasteiger partial charge on any atom is 0.341 e. The van der Waals surface area contributed by atoms with E-state index in [0.717, 1.165) is 4.73 Å². The maximum atomic E-state index is 11.7. The molecule has 0 aliphatic rings. The van der Waals surface area contributed by atoms with Crippen LogP contribution in [0.25, 0.3) is 0 Å². The highest BCUT2D eigenvalue weighted by Crippen LogP contribution is 2.14. The van der Waals surface area contributed by atoms with Crippen LogP contribution in [0, 0.1) is 0 Å². The van der Waals surface area contributed by atoms with E-state index in [2.05, 4.69) is 0 Å².